The molecule has 0 aromatic rings. The largest absolute Gasteiger partial charge is 0.477 e. The van der Waals surface area contributed by atoms with Crippen molar-refractivity contribution in [2.24, 2.45) is 5.73 Å². The van der Waals surface area contributed by atoms with E-state index in [4.69, 9.17) is 5.73 Å². The Labute approximate surface area is 148 Å². The highest BCUT2D eigenvalue weighted by atomic mass is 32.2. The van der Waals surface area contributed by atoms with Gasteiger partial charge in [0.05, 0.1) is 0 Å². The molecule has 3 aliphatic rings. The van der Waals surface area contributed by atoms with Crippen molar-refractivity contribution < 1.29 is 19.5 Å². The zero-order chi connectivity index (χ0) is 17.3. The van der Waals surface area contributed by atoms with Gasteiger partial charge in [0, 0.05) is 24.1 Å². The van der Waals surface area contributed by atoms with Crippen LogP contribution in [0.4, 0.5) is 0 Å². The number of nitrogens with two attached hydrogens (primary N) is 1. The average molecular weight is 369 g/mol. The van der Waals surface area contributed by atoms with E-state index in [1.54, 1.807) is 17.8 Å². The van der Waals surface area contributed by atoms with Crippen molar-refractivity contribution in [1.29, 1.82) is 0 Å². The van der Waals surface area contributed by atoms with Gasteiger partial charge in [0.1, 0.15) is 17.1 Å². The van der Waals surface area contributed by atoms with Crippen molar-refractivity contribution in [2.45, 2.75) is 30.3 Å². The van der Waals surface area contributed by atoms with Crippen LogP contribution in [0.5, 0.6) is 0 Å². The molecule has 2 saturated heterocycles. The fourth-order valence-electron chi connectivity index (χ4n) is 3.14. The third-order valence-corrected chi connectivity index (χ3v) is 6.68. The normalized spacial score (nSPS) is 29.9. The number of rotatable bonds is 6. The average Bonchev–Trinajstić information content (AvgIpc) is 3.04. The highest BCUT2D eigenvalue weighted by molar-refractivity contribution is 8.02. The molecule has 0 aromatic heterocycles. The fourth-order valence-corrected chi connectivity index (χ4v) is 5.36. The maximum Gasteiger partial charge on any atom is 0.352 e. The van der Waals surface area contributed by atoms with Gasteiger partial charge in [0.25, 0.3) is 0 Å². The van der Waals surface area contributed by atoms with Crippen LogP contribution in [0.1, 0.15) is 12.8 Å². The van der Waals surface area contributed by atoms with Crippen LogP contribution in [0.3, 0.4) is 0 Å². The van der Waals surface area contributed by atoms with Crippen molar-refractivity contribution in [1.82, 2.24) is 9.80 Å². The topological polar surface area (TPSA) is 104 Å². The van der Waals surface area contributed by atoms with Crippen LogP contribution in [0.15, 0.2) is 22.8 Å². The Morgan fingerprint density at radius 2 is 2.29 bits per heavy atom. The second-order valence-corrected chi connectivity index (χ2v) is 7.93. The van der Waals surface area contributed by atoms with Gasteiger partial charge in [-0.2, -0.15) is 0 Å². The molecule has 0 unspecified atom stereocenters. The van der Waals surface area contributed by atoms with E-state index in [-0.39, 0.29) is 23.0 Å². The second-order valence-electron chi connectivity index (χ2n) is 5.89. The van der Waals surface area contributed by atoms with E-state index in [1.807, 2.05) is 10.3 Å². The summed E-state index contributed by atoms with van der Waals surface area (Å²) in [5.41, 5.74) is 6.38. The Hall–Kier alpha value is -1.45. The first-order valence-corrected chi connectivity index (χ1v) is 9.80. The molecular weight excluding hydrogens is 350 g/mol. The number of aliphatic carboxylic acids is 1. The van der Waals surface area contributed by atoms with E-state index >= 15 is 0 Å². The van der Waals surface area contributed by atoms with Crippen molar-refractivity contribution in [2.75, 3.05) is 18.1 Å². The molecule has 24 heavy (non-hydrogen) atoms. The van der Waals surface area contributed by atoms with E-state index < -0.39 is 12.0 Å². The number of carboxylic acids is 1. The first kappa shape index (κ1) is 17.4. The van der Waals surface area contributed by atoms with E-state index in [0.29, 0.717) is 11.3 Å². The van der Waals surface area contributed by atoms with Gasteiger partial charge in [-0.05, 0) is 29.9 Å². The molecule has 0 aliphatic carbocycles. The summed E-state index contributed by atoms with van der Waals surface area (Å²) < 4.78 is 0. The summed E-state index contributed by atoms with van der Waals surface area (Å²) in [6.45, 7) is 0.808. The van der Waals surface area contributed by atoms with Crippen LogP contribution >= 0.6 is 23.5 Å². The Morgan fingerprint density at radius 3 is 3.00 bits per heavy atom. The van der Waals surface area contributed by atoms with Gasteiger partial charge in [-0.1, -0.05) is 0 Å². The molecule has 9 heteroatoms. The van der Waals surface area contributed by atoms with Gasteiger partial charge in [-0.3, -0.25) is 14.5 Å². The second kappa shape index (κ2) is 7.20. The number of carboxylic acid groups (broad SMARTS) is 1. The van der Waals surface area contributed by atoms with Gasteiger partial charge in [0.15, 0.2) is 0 Å². The van der Waals surface area contributed by atoms with Crippen LogP contribution in [0.25, 0.3) is 0 Å². The summed E-state index contributed by atoms with van der Waals surface area (Å²) in [5.74, 6) is -0.136. The summed E-state index contributed by atoms with van der Waals surface area (Å²) in [5, 5.41) is 11.0. The molecule has 130 valence electrons. The molecule has 0 aromatic carbocycles. The number of carbonyl (C=O) groups excluding carboxylic acids is 2. The monoisotopic (exact) mass is 369 g/mol. The van der Waals surface area contributed by atoms with Gasteiger partial charge in [0.2, 0.25) is 12.3 Å². The highest BCUT2D eigenvalue weighted by Gasteiger charge is 2.51. The van der Waals surface area contributed by atoms with Crippen LogP contribution in [-0.4, -0.2) is 68.7 Å². The minimum atomic E-state index is -1.10. The lowest BCUT2D eigenvalue weighted by atomic mass is 10.0. The Morgan fingerprint density at radius 1 is 1.50 bits per heavy atom. The van der Waals surface area contributed by atoms with E-state index in [1.165, 1.54) is 16.7 Å². The SMILES string of the molecule is N[C@@H]1C(=O)N2C(C(=O)O)=C(C=CSC[C@@H]3CCCN3C=O)CS[C@H]12. The van der Waals surface area contributed by atoms with E-state index in [0.717, 1.165) is 31.5 Å². The maximum absolute atomic E-state index is 11.9. The first-order chi connectivity index (χ1) is 11.5. The zero-order valence-electron chi connectivity index (χ0n) is 13.0. The van der Waals surface area contributed by atoms with Gasteiger partial charge >= 0.3 is 5.97 Å². The predicted octanol–water partition coefficient (Wildman–Crippen LogP) is 0.435. The minimum absolute atomic E-state index is 0.0395. The van der Waals surface area contributed by atoms with Crippen molar-refractivity contribution >= 4 is 41.8 Å². The number of hydrogen-bond donors (Lipinski definition) is 2. The molecule has 3 N–H and O–H groups in total. The fraction of sp³-hybridized carbons (Fsp3) is 0.533. The Balaban J connectivity index is 1.65. The van der Waals surface area contributed by atoms with Crippen LogP contribution in [-0.2, 0) is 14.4 Å². The number of fused-ring (bicyclic) bond motifs is 1. The molecule has 2 fully saturated rings. The van der Waals surface area contributed by atoms with Crippen LogP contribution in [0.2, 0.25) is 0 Å². The lowest BCUT2D eigenvalue weighted by Crippen LogP contribution is -2.68. The number of nitrogens with zero attached hydrogens (tertiary/aromatic N) is 2. The number of thioether (sulfide) groups is 2. The molecule has 3 atom stereocenters. The molecule has 3 rings (SSSR count). The van der Waals surface area contributed by atoms with Gasteiger partial charge in [-0.25, -0.2) is 4.79 Å². The zero-order valence-corrected chi connectivity index (χ0v) is 14.6. The van der Waals surface area contributed by atoms with Crippen LogP contribution in [0, 0.1) is 0 Å². The molecule has 0 saturated carbocycles. The molecule has 0 bridgehead atoms. The van der Waals surface area contributed by atoms with Gasteiger partial charge < -0.3 is 15.7 Å². The third kappa shape index (κ3) is 3.07. The van der Waals surface area contributed by atoms with Crippen molar-refractivity contribution in [3.05, 3.63) is 22.8 Å². The summed E-state index contributed by atoms with van der Waals surface area (Å²) in [7, 11) is 0. The molecule has 3 heterocycles. The molecule has 2 amide bonds. The molecule has 0 spiro atoms. The number of hydrogen-bond acceptors (Lipinski definition) is 6. The Bertz CT molecular complexity index is 622. The lowest BCUT2D eigenvalue weighted by molar-refractivity contribution is -0.147. The lowest BCUT2D eigenvalue weighted by Gasteiger charge is -2.47. The Kier molecular flexibility index (Phi) is 5.21. The number of allylic oxidation sites excluding steroid dienone is 1. The maximum atomic E-state index is 11.9. The number of likely N-dealkylation sites (tertiary alicyclic amines) is 1. The molecule has 7 nitrogen and oxygen atoms in total. The van der Waals surface area contributed by atoms with E-state index in [2.05, 4.69) is 0 Å². The molecule has 0 radical (unpaired) electrons. The summed E-state index contributed by atoms with van der Waals surface area (Å²) >= 11 is 3.04. The van der Waals surface area contributed by atoms with Crippen LogP contribution < -0.4 is 5.73 Å². The van der Waals surface area contributed by atoms with Gasteiger partial charge in [-0.15, -0.1) is 23.5 Å². The van der Waals surface area contributed by atoms with E-state index in [9.17, 15) is 19.5 Å². The number of carbonyl (C=O) groups is 3. The molecular formula is C15H19N3O4S2. The summed E-state index contributed by atoms with van der Waals surface area (Å²) in [6.07, 6.45) is 4.68. The predicted molar refractivity (Wildman–Crippen MR) is 93.1 cm³/mol. The standard InChI is InChI=1S/C15H19N3O4S2/c16-11-13(20)18-12(15(21)22)9(6-24-14(11)18)3-5-23-7-10-2-1-4-17(10)8-19/h3,5,8,10-11,14H,1-2,4,6-7,16H2,(H,21,22)/t10-,11+,14+/m0/s1. The summed E-state index contributed by atoms with van der Waals surface area (Å²) in [4.78, 5) is 37.4. The first-order valence-electron chi connectivity index (χ1n) is 7.70. The highest BCUT2D eigenvalue weighted by Crippen LogP contribution is 2.39. The smallest absolute Gasteiger partial charge is 0.352 e. The molecule has 3 aliphatic heterocycles. The number of amides is 2. The number of β-lactam (4-membered cyclic amide) rings is 1. The minimum Gasteiger partial charge on any atom is -0.477 e. The van der Waals surface area contributed by atoms with Crippen molar-refractivity contribution in [3.63, 3.8) is 0 Å². The third-order valence-electron chi connectivity index (χ3n) is 4.45. The van der Waals surface area contributed by atoms with Crippen molar-refractivity contribution in [3.8, 4) is 0 Å². The quantitative estimate of drug-likeness (QED) is 0.517. The summed E-state index contributed by atoms with van der Waals surface area (Å²) in [6, 6.07) is -0.369.